The van der Waals surface area contributed by atoms with Crippen molar-refractivity contribution in [1.82, 2.24) is 0 Å². The number of aromatic carboxylic acids is 2. The van der Waals surface area contributed by atoms with E-state index in [4.69, 9.17) is 30.6 Å². The molecule has 1 aromatic rings. The van der Waals surface area contributed by atoms with Gasteiger partial charge in [-0.15, -0.1) is 0 Å². The summed E-state index contributed by atoms with van der Waals surface area (Å²) in [5.41, 5.74) is 0. The molecule has 0 aliphatic carbocycles. The van der Waals surface area contributed by atoms with Gasteiger partial charge in [0.15, 0.2) is 6.29 Å². The normalized spacial score (nSPS) is 11.1. The molecule has 0 fully saturated rings. The van der Waals surface area contributed by atoms with Gasteiger partial charge in [0.25, 0.3) is 0 Å². The lowest BCUT2D eigenvalue weighted by Crippen LogP contribution is -2.10. The molecule has 0 aliphatic rings. The maximum Gasteiger partial charge on any atom is 0.371 e. The maximum atomic E-state index is 10.2. The van der Waals surface area contributed by atoms with Crippen LogP contribution in [0.4, 0.5) is 0 Å². The van der Waals surface area contributed by atoms with Gasteiger partial charge in [0, 0.05) is 0 Å². The van der Waals surface area contributed by atoms with Crippen LogP contribution >= 0.6 is 0 Å². The first-order valence-corrected chi connectivity index (χ1v) is 8.90. The summed E-state index contributed by atoms with van der Waals surface area (Å²) in [6.45, 7) is 3.97. The zero-order valence-corrected chi connectivity index (χ0v) is 15.9. The molecule has 9 heteroatoms. The number of unbranched alkanes of at least 4 members (excludes halogenated alkanes) is 3. The fourth-order valence-electron chi connectivity index (χ4n) is 1.72. The molecule has 0 spiro atoms. The maximum absolute atomic E-state index is 10.2. The molecular formula is C18H32O9. The van der Waals surface area contributed by atoms with Crippen molar-refractivity contribution in [3.63, 3.8) is 0 Å². The van der Waals surface area contributed by atoms with Gasteiger partial charge in [-0.25, -0.2) is 9.59 Å². The summed E-state index contributed by atoms with van der Waals surface area (Å²) in [5.74, 6) is -3.31. The van der Waals surface area contributed by atoms with Gasteiger partial charge < -0.3 is 35.1 Å². The molecule has 1 rings (SSSR count). The first-order chi connectivity index (χ1) is 12.7. The second-order valence-corrected chi connectivity index (χ2v) is 5.73. The van der Waals surface area contributed by atoms with E-state index < -0.39 is 24.3 Å². The Balaban J connectivity index is 0. The number of furan rings is 1. The van der Waals surface area contributed by atoms with E-state index in [9.17, 15) is 9.59 Å². The van der Waals surface area contributed by atoms with Crippen molar-refractivity contribution in [3.8, 4) is 0 Å². The molecule has 0 bridgehead atoms. The Labute approximate surface area is 158 Å². The van der Waals surface area contributed by atoms with E-state index in [1.165, 1.54) is 19.3 Å². The molecule has 0 saturated heterocycles. The molecule has 158 valence electrons. The number of hydrogen-bond acceptors (Lipinski definition) is 7. The minimum absolute atomic E-state index is 0.0911. The Kier molecular flexibility index (Phi) is 17.7. The number of carboxylic acid groups (broad SMARTS) is 2. The van der Waals surface area contributed by atoms with Crippen molar-refractivity contribution in [2.45, 2.75) is 71.2 Å². The molecule has 0 amide bonds. The van der Waals surface area contributed by atoms with Gasteiger partial charge >= 0.3 is 11.9 Å². The quantitative estimate of drug-likeness (QED) is 0.258. The van der Waals surface area contributed by atoms with Gasteiger partial charge in [0.1, 0.15) is 0 Å². The van der Waals surface area contributed by atoms with Crippen molar-refractivity contribution < 1.29 is 44.6 Å². The van der Waals surface area contributed by atoms with E-state index in [1.54, 1.807) is 0 Å². The number of rotatable bonds is 10. The summed E-state index contributed by atoms with van der Waals surface area (Å²) < 4.78 is 4.41. The van der Waals surface area contributed by atoms with Crippen molar-refractivity contribution >= 4 is 11.9 Å². The van der Waals surface area contributed by atoms with Gasteiger partial charge in [-0.05, 0) is 25.0 Å². The predicted molar refractivity (Wildman–Crippen MR) is 97.6 cm³/mol. The van der Waals surface area contributed by atoms with Crippen molar-refractivity contribution in [2.75, 3.05) is 6.61 Å². The highest BCUT2D eigenvalue weighted by atomic mass is 16.5. The zero-order chi connectivity index (χ0) is 21.2. The standard InChI is InChI=1S/C8H18O2.C6H4O5.C4H10O2/c1-2-3-4-5-6-8(10)7-9;7-5(8)3-1-2-4(11-3)6(9)10;1-2-3-4(5)6/h8-10H,2-7H2,1H3;1-2H,(H,7,8)(H,9,10);4-6H,2-3H2,1H3. The Morgan fingerprint density at radius 1 is 0.889 bits per heavy atom. The summed E-state index contributed by atoms with van der Waals surface area (Å²) in [6, 6.07) is 2.18. The van der Waals surface area contributed by atoms with Crippen LogP contribution in [0.15, 0.2) is 16.5 Å². The van der Waals surface area contributed by atoms with E-state index in [1.807, 2.05) is 6.92 Å². The molecule has 0 aliphatic heterocycles. The summed E-state index contributed by atoms with van der Waals surface area (Å²) in [5, 5.41) is 50.2. The smallest absolute Gasteiger partial charge is 0.371 e. The van der Waals surface area contributed by atoms with Crippen LogP contribution in [0.1, 0.15) is 79.9 Å². The number of aliphatic hydroxyl groups is 4. The van der Waals surface area contributed by atoms with Crippen LogP contribution in [0.2, 0.25) is 0 Å². The van der Waals surface area contributed by atoms with Crippen LogP contribution in [0.5, 0.6) is 0 Å². The van der Waals surface area contributed by atoms with Crippen molar-refractivity contribution in [1.29, 1.82) is 0 Å². The fourth-order valence-corrected chi connectivity index (χ4v) is 1.72. The second-order valence-electron chi connectivity index (χ2n) is 5.73. The van der Waals surface area contributed by atoms with Gasteiger partial charge in [-0.2, -0.15) is 0 Å². The molecule has 1 heterocycles. The third-order valence-corrected chi connectivity index (χ3v) is 3.18. The molecule has 27 heavy (non-hydrogen) atoms. The van der Waals surface area contributed by atoms with Gasteiger partial charge in [0.05, 0.1) is 12.7 Å². The molecule has 1 unspecified atom stereocenters. The fraction of sp³-hybridized carbons (Fsp3) is 0.667. The number of aliphatic hydroxyl groups excluding tert-OH is 3. The highest BCUT2D eigenvalue weighted by molar-refractivity contribution is 5.88. The predicted octanol–water partition coefficient (Wildman–Crippen LogP) is 2.08. The van der Waals surface area contributed by atoms with Crippen LogP contribution in [-0.2, 0) is 0 Å². The minimum atomic E-state index is -1.28. The van der Waals surface area contributed by atoms with Crippen molar-refractivity contribution in [2.24, 2.45) is 0 Å². The highest BCUT2D eigenvalue weighted by Crippen LogP contribution is 2.07. The Hall–Kier alpha value is -1.94. The van der Waals surface area contributed by atoms with Crippen LogP contribution in [0, 0.1) is 0 Å². The largest absolute Gasteiger partial charge is 0.475 e. The monoisotopic (exact) mass is 392 g/mol. The Bertz CT molecular complexity index is 468. The van der Waals surface area contributed by atoms with Crippen LogP contribution in [0.25, 0.3) is 0 Å². The van der Waals surface area contributed by atoms with E-state index in [-0.39, 0.29) is 18.1 Å². The molecule has 1 atom stereocenters. The van der Waals surface area contributed by atoms with Gasteiger partial charge in [0.2, 0.25) is 11.5 Å². The Morgan fingerprint density at radius 3 is 1.67 bits per heavy atom. The summed E-state index contributed by atoms with van der Waals surface area (Å²) >= 11 is 0. The van der Waals surface area contributed by atoms with E-state index in [2.05, 4.69) is 11.3 Å². The summed E-state index contributed by atoms with van der Waals surface area (Å²) in [7, 11) is 0. The molecule has 9 nitrogen and oxygen atoms in total. The zero-order valence-electron chi connectivity index (χ0n) is 15.9. The molecule has 6 N–H and O–H groups in total. The number of carbonyl (C=O) groups is 2. The molecule has 0 radical (unpaired) electrons. The lowest BCUT2D eigenvalue weighted by atomic mass is 10.1. The lowest BCUT2D eigenvalue weighted by Gasteiger charge is -2.04. The summed E-state index contributed by atoms with van der Waals surface area (Å²) in [4.78, 5) is 20.3. The summed E-state index contributed by atoms with van der Waals surface area (Å²) in [6.07, 6.45) is 5.14. The first-order valence-electron chi connectivity index (χ1n) is 8.90. The van der Waals surface area contributed by atoms with Crippen LogP contribution in [0.3, 0.4) is 0 Å². The van der Waals surface area contributed by atoms with E-state index >= 15 is 0 Å². The van der Waals surface area contributed by atoms with Gasteiger partial charge in [-0.1, -0.05) is 46.0 Å². The van der Waals surface area contributed by atoms with Crippen LogP contribution < -0.4 is 0 Å². The molecule has 1 aromatic heterocycles. The Morgan fingerprint density at radius 2 is 1.41 bits per heavy atom. The van der Waals surface area contributed by atoms with E-state index in [0.29, 0.717) is 6.42 Å². The topological polar surface area (TPSA) is 169 Å². The van der Waals surface area contributed by atoms with Gasteiger partial charge in [-0.3, -0.25) is 0 Å². The molecule has 0 aromatic carbocycles. The lowest BCUT2D eigenvalue weighted by molar-refractivity contribution is -0.0453. The number of carboxylic acids is 2. The average Bonchev–Trinajstić information content (AvgIpc) is 3.10. The second kappa shape index (κ2) is 17.5. The third-order valence-electron chi connectivity index (χ3n) is 3.18. The molecular weight excluding hydrogens is 360 g/mol. The average molecular weight is 392 g/mol. The number of hydrogen-bond donors (Lipinski definition) is 6. The van der Waals surface area contributed by atoms with Crippen LogP contribution in [-0.4, -0.2) is 61.6 Å². The SMILES string of the molecule is CCCC(O)O.CCCCCCC(O)CO.O=C(O)c1ccc(C(=O)O)o1. The van der Waals surface area contributed by atoms with Crippen molar-refractivity contribution in [3.05, 3.63) is 23.7 Å². The van der Waals surface area contributed by atoms with E-state index in [0.717, 1.165) is 31.4 Å². The highest BCUT2D eigenvalue weighted by Gasteiger charge is 2.12. The molecule has 0 saturated carbocycles. The first kappa shape index (κ1) is 27.3. The third kappa shape index (κ3) is 17.2. The minimum Gasteiger partial charge on any atom is -0.475 e.